The topological polar surface area (TPSA) is 33.4 Å². The van der Waals surface area contributed by atoms with Crippen molar-refractivity contribution in [3.05, 3.63) is 35.6 Å². The number of aliphatic hydroxyl groups is 1. The van der Waals surface area contributed by atoms with Gasteiger partial charge >= 0.3 is 0 Å². The minimum Gasteiger partial charge on any atom is -0.461 e. The molecular formula is C17H24O2. The smallest absolute Gasteiger partial charge is 0.134 e. The fraction of sp³-hybridized carbons (Fsp3) is 0.529. The quantitative estimate of drug-likeness (QED) is 0.690. The SMILES string of the molecule is CCCCCCCCc1cc2ccc(CO)cc2o1. The van der Waals surface area contributed by atoms with Crippen LogP contribution in [0.15, 0.2) is 28.7 Å². The summed E-state index contributed by atoms with van der Waals surface area (Å²) >= 11 is 0. The van der Waals surface area contributed by atoms with Crippen molar-refractivity contribution in [2.24, 2.45) is 0 Å². The van der Waals surface area contributed by atoms with Crippen molar-refractivity contribution in [2.45, 2.75) is 58.5 Å². The Balaban J connectivity index is 1.84. The molecule has 0 bridgehead atoms. The Labute approximate surface area is 115 Å². The van der Waals surface area contributed by atoms with Gasteiger partial charge in [-0.05, 0) is 24.1 Å². The fourth-order valence-electron chi connectivity index (χ4n) is 2.43. The van der Waals surface area contributed by atoms with Crippen LogP contribution in [0.4, 0.5) is 0 Å². The van der Waals surface area contributed by atoms with Crippen LogP contribution in [0.2, 0.25) is 0 Å². The average Bonchev–Trinajstić information content (AvgIpc) is 2.84. The van der Waals surface area contributed by atoms with E-state index in [2.05, 4.69) is 13.0 Å². The summed E-state index contributed by atoms with van der Waals surface area (Å²) in [6.07, 6.45) is 8.87. The molecule has 19 heavy (non-hydrogen) atoms. The monoisotopic (exact) mass is 260 g/mol. The van der Waals surface area contributed by atoms with Gasteiger partial charge in [-0.3, -0.25) is 0 Å². The molecule has 0 spiro atoms. The zero-order valence-electron chi connectivity index (χ0n) is 11.8. The van der Waals surface area contributed by atoms with Crippen LogP contribution in [0, 0.1) is 0 Å². The van der Waals surface area contributed by atoms with Gasteiger partial charge in [0.2, 0.25) is 0 Å². The van der Waals surface area contributed by atoms with Gasteiger partial charge in [-0.25, -0.2) is 0 Å². The third kappa shape index (κ3) is 4.10. The van der Waals surface area contributed by atoms with Gasteiger partial charge in [-0.1, -0.05) is 51.2 Å². The predicted molar refractivity (Wildman–Crippen MR) is 79.2 cm³/mol. The lowest BCUT2D eigenvalue weighted by Gasteiger charge is -1.98. The Hall–Kier alpha value is -1.28. The van der Waals surface area contributed by atoms with Crippen molar-refractivity contribution in [2.75, 3.05) is 0 Å². The molecule has 1 N–H and O–H groups in total. The van der Waals surface area contributed by atoms with E-state index >= 15 is 0 Å². The second-order valence-corrected chi connectivity index (χ2v) is 5.26. The van der Waals surface area contributed by atoms with Gasteiger partial charge in [0.15, 0.2) is 0 Å². The first-order valence-electron chi connectivity index (χ1n) is 7.45. The van der Waals surface area contributed by atoms with E-state index < -0.39 is 0 Å². The molecule has 0 aliphatic rings. The first-order valence-corrected chi connectivity index (χ1v) is 7.45. The van der Waals surface area contributed by atoms with Crippen LogP contribution in [0.1, 0.15) is 56.8 Å². The first kappa shape index (κ1) is 14.1. The molecule has 2 heteroatoms. The minimum absolute atomic E-state index is 0.0728. The summed E-state index contributed by atoms with van der Waals surface area (Å²) in [7, 11) is 0. The molecular weight excluding hydrogens is 236 g/mol. The standard InChI is InChI=1S/C17H24O2/c1-2-3-4-5-6-7-8-16-12-15-10-9-14(13-18)11-17(15)19-16/h9-12,18H,2-8,13H2,1H3. The number of fused-ring (bicyclic) bond motifs is 1. The highest BCUT2D eigenvalue weighted by atomic mass is 16.3. The maximum atomic E-state index is 9.11. The van der Waals surface area contributed by atoms with Crippen LogP contribution in [0.5, 0.6) is 0 Å². The van der Waals surface area contributed by atoms with E-state index in [-0.39, 0.29) is 6.61 Å². The van der Waals surface area contributed by atoms with Gasteiger partial charge in [0.1, 0.15) is 11.3 Å². The highest BCUT2D eigenvalue weighted by Crippen LogP contribution is 2.22. The van der Waals surface area contributed by atoms with Gasteiger partial charge in [-0.2, -0.15) is 0 Å². The van der Waals surface area contributed by atoms with Crippen molar-refractivity contribution in [3.8, 4) is 0 Å². The van der Waals surface area contributed by atoms with Crippen LogP contribution in [-0.2, 0) is 13.0 Å². The van der Waals surface area contributed by atoms with Crippen LogP contribution in [0.3, 0.4) is 0 Å². The number of unbranched alkanes of at least 4 members (excludes halogenated alkanes) is 5. The van der Waals surface area contributed by atoms with Crippen molar-refractivity contribution in [1.29, 1.82) is 0 Å². The summed E-state index contributed by atoms with van der Waals surface area (Å²) < 4.78 is 5.83. The summed E-state index contributed by atoms with van der Waals surface area (Å²) in [6, 6.07) is 8.03. The summed E-state index contributed by atoms with van der Waals surface area (Å²) in [4.78, 5) is 0. The lowest BCUT2D eigenvalue weighted by Crippen LogP contribution is -1.83. The molecule has 2 rings (SSSR count). The molecule has 1 aromatic carbocycles. The number of hydrogen-bond acceptors (Lipinski definition) is 2. The minimum atomic E-state index is 0.0728. The van der Waals surface area contributed by atoms with Crippen molar-refractivity contribution >= 4 is 11.0 Å². The normalized spacial score (nSPS) is 11.3. The van der Waals surface area contributed by atoms with E-state index in [0.29, 0.717) is 0 Å². The molecule has 0 radical (unpaired) electrons. The third-order valence-corrected chi connectivity index (χ3v) is 3.59. The van der Waals surface area contributed by atoms with Gasteiger partial charge in [0.25, 0.3) is 0 Å². The zero-order valence-corrected chi connectivity index (χ0v) is 11.8. The number of furan rings is 1. The average molecular weight is 260 g/mol. The fourth-order valence-corrected chi connectivity index (χ4v) is 2.43. The van der Waals surface area contributed by atoms with Crippen LogP contribution < -0.4 is 0 Å². The molecule has 104 valence electrons. The Morgan fingerprint density at radius 2 is 1.79 bits per heavy atom. The third-order valence-electron chi connectivity index (χ3n) is 3.59. The molecule has 0 amide bonds. The molecule has 0 saturated heterocycles. The largest absolute Gasteiger partial charge is 0.461 e. The second kappa shape index (κ2) is 7.34. The van der Waals surface area contributed by atoms with Crippen LogP contribution >= 0.6 is 0 Å². The van der Waals surface area contributed by atoms with E-state index in [4.69, 9.17) is 9.52 Å². The van der Waals surface area contributed by atoms with E-state index in [1.165, 1.54) is 38.5 Å². The lowest BCUT2D eigenvalue weighted by atomic mass is 10.1. The van der Waals surface area contributed by atoms with E-state index in [9.17, 15) is 0 Å². The van der Waals surface area contributed by atoms with Crippen molar-refractivity contribution in [1.82, 2.24) is 0 Å². The van der Waals surface area contributed by atoms with Crippen molar-refractivity contribution in [3.63, 3.8) is 0 Å². The Morgan fingerprint density at radius 1 is 1.00 bits per heavy atom. The molecule has 0 fully saturated rings. The number of aryl methyl sites for hydroxylation is 1. The predicted octanol–water partition coefficient (Wildman–Crippen LogP) is 4.83. The van der Waals surface area contributed by atoms with Gasteiger partial charge < -0.3 is 9.52 Å². The maximum Gasteiger partial charge on any atom is 0.134 e. The summed E-state index contributed by atoms with van der Waals surface area (Å²) in [5, 5.41) is 10.2. The van der Waals surface area contributed by atoms with E-state index in [1.807, 2.05) is 18.2 Å². The maximum absolute atomic E-state index is 9.11. The van der Waals surface area contributed by atoms with Crippen LogP contribution in [0.25, 0.3) is 11.0 Å². The van der Waals surface area contributed by atoms with Crippen LogP contribution in [-0.4, -0.2) is 5.11 Å². The first-order chi connectivity index (χ1) is 9.33. The Morgan fingerprint density at radius 3 is 2.58 bits per heavy atom. The summed E-state index contributed by atoms with van der Waals surface area (Å²) in [5.41, 5.74) is 1.81. The molecule has 2 aromatic rings. The molecule has 0 atom stereocenters. The van der Waals surface area contributed by atoms with Gasteiger partial charge in [0.05, 0.1) is 6.61 Å². The van der Waals surface area contributed by atoms with Crippen molar-refractivity contribution < 1.29 is 9.52 Å². The van der Waals surface area contributed by atoms with Gasteiger partial charge in [0, 0.05) is 11.8 Å². The molecule has 0 aliphatic carbocycles. The highest BCUT2D eigenvalue weighted by Gasteiger charge is 2.04. The number of rotatable bonds is 8. The number of benzene rings is 1. The second-order valence-electron chi connectivity index (χ2n) is 5.26. The Kier molecular flexibility index (Phi) is 5.46. The number of hydrogen-bond donors (Lipinski definition) is 1. The molecule has 0 aliphatic heterocycles. The molecule has 2 nitrogen and oxygen atoms in total. The molecule has 1 heterocycles. The van der Waals surface area contributed by atoms with E-state index in [1.54, 1.807) is 0 Å². The molecule has 1 aromatic heterocycles. The Bertz CT molecular complexity index is 499. The summed E-state index contributed by atoms with van der Waals surface area (Å²) in [6.45, 7) is 2.32. The number of aliphatic hydroxyl groups excluding tert-OH is 1. The van der Waals surface area contributed by atoms with Gasteiger partial charge in [-0.15, -0.1) is 0 Å². The zero-order chi connectivity index (χ0) is 13.5. The molecule has 0 unspecified atom stereocenters. The molecule has 0 saturated carbocycles. The lowest BCUT2D eigenvalue weighted by molar-refractivity contribution is 0.282. The highest BCUT2D eigenvalue weighted by molar-refractivity contribution is 5.78. The van der Waals surface area contributed by atoms with E-state index in [0.717, 1.165) is 28.7 Å². The summed E-state index contributed by atoms with van der Waals surface area (Å²) in [5.74, 6) is 1.07.